The van der Waals surface area contributed by atoms with Gasteiger partial charge in [-0.1, -0.05) is 23.7 Å². The van der Waals surface area contributed by atoms with Gasteiger partial charge in [-0.3, -0.25) is 5.32 Å². The van der Waals surface area contributed by atoms with E-state index in [0.29, 0.717) is 24.1 Å². The normalized spacial score (nSPS) is 17.0. The minimum absolute atomic E-state index is 0.193. The Kier molecular flexibility index (Phi) is 3.43. The second kappa shape index (κ2) is 5.30. The second-order valence-corrected chi connectivity index (χ2v) is 7.75. The van der Waals surface area contributed by atoms with E-state index in [1.165, 1.54) is 16.0 Å². The van der Waals surface area contributed by atoms with Crippen LogP contribution in [0.15, 0.2) is 30.5 Å². The summed E-state index contributed by atoms with van der Waals surface area (Å²) in [6.07, 6.45) is 1.69. The van der Waals surface area contributed by atoms with Crippen LogP contribution in [0.4, 0.5) is 0 Å². The molecule has 0 spiro atoms. The number of hydrogen-bond acceptors (Lipinski definition) is 6. The highest BCUT2D eigenvalue weighted by atomic mass is 35.5. The molecule has 3 heterocycles. The van der Waals surface area contributed by atoms with E-state index in [9.17, 15) is 0 Å². The zero-order chi connectivity index (χ0) is 14.3. The number of aromatic nitrogens is 2. The van der Waals surface area contributed by atoms with Crippen molar-refractivity contribution < 1.29 is 4.74 Å². The fourth-order valence-corrected chi connectivity index (χ4v) is 4.30. The van der Waals surface area contributed by atoms with Crippen LogP contribution in [0.25, 0.3) is 10.2 Å². The number of rotatable bonds is 4. The van der Waals surface area contributed by atoms with E-state index >= 15 is 0 Å². The number of para-hydroxylation sites is 1. The molecule has 3 aromatic rings. The van der Waals surface area contributed by atoms with Gasteiger partial charge in [0.15, 0.2) is 0 Å². The van der Waals surface area contributed by atoms with E-state index in [4.69, 9.17) is 21.3 Å². The minimum Gasteiger partial charge on any atom is -0.377 e. The molecule has 4 nitrogen and oxygen atoms in total. The van der Waals surface area contributed by atoms with Crippen LogP contribution >= 0.6 is 34.3 Å². The van der Waals surface area contributed by atoms with Crippen molar-refractivity contribution in [1.82, 2.24) is 15.3 Å². The smallest absolute Gasteiger partial charge is 0.119 e. The molecule has 0 amide bonds. The largest absolute Gasteiger partial charge is 0.377 e. The van der Waals surface area contributed by atoms with Gasteiger partial charge < -0.3 is 4.74 Å². The first-order valence-corrected chi connectivity index (χ1v) is 8.55. The van der Waals surface area contributed by atoms with Crippen LogP contribution in [-0.2, 0) is 16.8 Å². The molecule has 1 saturated heterocycles. The molecule has 1 fully saturated rings. The maximum atomic E-state index is 5.92. The monoisotopic (exact) mass is 337 g/mol. The molecular weight excluding hydrogens is 326 g/mol. The summed E-state index contributed by atoms with van der Waals surface area (Å²) in [6, 6.07) is 8.20. The van der Waals surface area contributed by atoms with Gasteiger partial charge in [0.2, 0.25) is 0 Å². The molecule has 0 unspecified atom stereocenters. The summed E-state index contributed by atoms with van der Waals surface area (Å²) in [7, 11) is 0. The molecule has 2 aromatic heterocycles. The molecule has 0 aliphatic carbocycles. The highest BCUT2D eigenvalue weighted by molar-refractivity contribution is 7.18. The van der Waals surface area contributed by atoms with Crippen molar-refractivity contribution in [3.63, 3.8) is 0 Å². The third-order valence-corrected chi connectivity index (χ3v) is 5.86. The Morgan fingerprint density at radius 3 is 2.81 bits per heavy atom. The van der Waals surface area contributed by atoms with E-state index in [2.05, 4.69) is 16.4 Å². The molecule has 0 atom stereocenters. The summed E-state index contributed by atoms with van der Waals surface area (Å²) in [5.74, 6) is 0. The van der Waals surface area contributed by atoms with Gasteiger partial charge in [-0.05, 0) is 12.1 Å². The van der Waals surface area contributed by atoms with Crippen molar-refractivity contribution in [3.8, 4) is 0 Å². The minimum atomic E-state index is -0.193. The van der Waals surface area contributed by atoms with Crippen LogP contribution in [0.5, 0.6) is 0 Å². The topological polar surface area (TPSA) is 47.0 Å². The lowest BCUT2D eigenvalue weighted by molar-refractivity contribution is -0.0795. The molecule has 0 saturated carbocycles. The van der Waals surface area contributed by atoms with E-state index in [1.54, 1.807) is 17.5 Å². The average molecular weight is 338 g/mol. The first kappa shape index (κ1) is 13.6. The van der Waals surface area contributed by atoms with Crippen LogP contribution in [0.2, 0.25) is 4.34 Å². The van der Waals surface area contributed by atoms with Crippen molar-refractivity contribution in [2.45, 2.75) is 12.1 Å². The zero-order valence-corrected chi connectivity index (χ0v) is 13.4. The van der Waals surface area contributed by atoms with Gasteiger partial charge in [0.1, 0.15) is 19.9 Å². The summed E-state index contributed by atoms with van der Waals surface area (Å²) in [6.45, 7) is 1.97. The average Bonchev–Trinajstić information content (AvgIpc) is 3.04. The van der Waals surface area contributed by atoms with E-state index < -0.39 is 0 Å². The van der Waals surface area contributed by atoms with Crippen molar-refractivity contribution in [1.29, 1.82) is 0 Å². The number of benzene rings is 1. The number of thiazole rings is 2. The number of hydrogen-bond donors (Lipinski definition) is 1. The van der Waals surface area contributed by atoms with Gasteiger partial charge in [0, 0.05) is 6.54 Å². The Labute approximate surface area is 134 Å². The second-order valence-electron chi connectivity index (χ2n) is 4.97. The molecule has 7 heteroatoms. The van der Waals surface area contributed by atoms with E-state index in [-0.39, 0.29) is 5.54 Å². The number of nitrogens with one attached hydrogen (secondary N) is 1. The van der Waals surface area contributed by atoms with Crippen molar-refractivity contribution >= 4 is 44.5 Å². The predicted molar refractivity (Wildman–Crippen MR) is 86.1 cm³/mol. The summed E-state index contributed by atoms with van der Waals surface area (Å²) >= 11 is 9.14. The van der Waals surface area contributed by atoms with Gasteiger partial charge in [0.25, 0.3) is 0 Å². The lowest BCUT2D eigenvalue weighted by Gasteiger charge is -2.40. The van der Waals surface area contributed by atoms with Crippen LogP contribution in [-0.4, -0.2) is 23.2 Å². The van der Waals surface area contributed by atoms with Gasteiger partial charge >= 0.3 is 0 Å². The summed E-state index contributed by atoms with van der Waals surface area (Å²) < 4.78 is 7.36. The third kappa shape index (κ3) is 2.47. The zero-order valence-electron chi connectivity index (χ0n) is 11.0. The summed E-state index contributed by atoms with van der Waals surface area (Å²) in [4.78, 5) is 9.04. The van der Waals surface area contributed by atoms with Gasteiger partial charge in [-0.2, -0.15) is 0 Å². The maximum Gasteiger partial charge on any atom is 0.119 e. The maximum absolute atomic E-state index is 5.92. The Balaban J connectivity index is 1.60. The SMILES string of the molecule is Clc1cnc(CNC2(c3nc4ccccc4s3)COC2)s1. The molecule has 1 aromatic carbocycles. The summed E-state index contributed by atoms with van der Waals surface area (Å²) in [5.41, 5.74) is 0.852. The van der Waals surface area contributed by atoms with Crippen LogP contribution in [0.3, 0.4) is 0 Å². The fourth-order valence-electron chi connectivity index (χ4n) is 2.30. The molecule has 108 valence electrons. The Bertz CT molecular complexity index is 748. The molecular formula is C14H12ClN3OS2. The van der Waals surface area contributed by atoms with Crippen LogP contribution < -0.4 is 5.32 Å². The van der Waals surface area contributed by atoms with Crippen molar-refractivity contribution in [2.75, 3.05) is 13.2 Å². The number of halogens is 1. The van der Waals surface area contributed by atoms with Gasteiger partial charge in [0.05, 0.1) is 29.6 Å². The third-order valence-electron chi connectivity index (χ3n) is 3.50. The highest BCUT2D eigenvalue weighted by Gasteiger charge is 2.43. The lowest BCUT2D eigenvalue weighted by atomic mass is 9.98. The lowest BCUT2D eigenvalue weighted by Crippen LogP contribution is -2.57. The number of nitrogens with zero attached hydrogens (tertiary/aromatic N) is 2. The Hall–Kier alpha value is -1.05. The van der Waals surface area contributed by atoms with E-state index in [0.717, 1.165) is 15.5 Å². The van der Waals surface area contributed by atoms with Gasteiger partial charge in [-0.25, -0.2) is 9.97 Å². The molecule has 1 N–H and O–H groups in total. The molecule has 1 aliphatic rings. The van der Waals surface area contributed by atoms with E-state index in [1.807, 2.05) is 18.2 Å². The summed E-state index contributed by atoms with van der Waals surface area (Å²) in [5, 5.41) is 5.61. The van der Waals surface area contributed by atoms with Gasteiger partial charge in [-0.15, -0.1) is 22.7 Å². The number of ether oxygens (including phenoxy) is 1. The fraction of sp³-hybridized carbons (Fsp3) is 0.286. The predicted octanol–water partition coefficient (Wildman–Crippen LogP) is 3.42. The highest BCUT2D eigenvalue weighted by Crippen LogP contribution is 2.35. The number of fused-ring (bicyclic) bond motifs is 1. The standard InChI is InChI=1S/C14H12ClN3OS2/c15-11-5-16-12(21-11)6-17-14(7-19-8-14)13-18-9-3-1-2-4-10(9)20-13/h1-5,17H,6-8H2. The Morgan fingerprint density at radius 2 is 2.14 bits per heavy atom. The molecule has 21 heavy (non-hydrogen) atoms. The van der Waals surface area contributed by atoms with Crippen LogP contribution in [0, 0.1) is 0 Å². The van der Waals surface area contributed by atoms with Crippen molar-refractivity contribution in [3.05, 3.63) is 44.8 Å². The Morgan fingerprint density at radius 1 is 1.29 bits per heavy atom. The molecule has 0 bridgehead atoms. The molecule has 1 aliphatic heterocycles. The molecule has 0 radical (unpaired) electrons. The first-order valence-electron chi connectivity index (χ1n) is 6.54. The van der Waals surface area contributed by atoms with Crippen molar-refractivity contribution in [2.24, 2.45) is 0 Å². The molecule has 4 rings (SSSR count). The quantitative estimate of drug-likeness (QED) is 0.792. The van der Waals surface area contributed by atoms with Crippen LogP contribution in [0.1, 0.15) is 10.0 Å². The first-order chi connectivity index (χ1) is 10.3.